The number of ether oxygens (including phenoxy) is 3. The van der Waals surface area contributed by atoms with Gasteiger partial charge in [0.1, 0.15) is 34.8 Å². The van der Waals surface area contributed by atoms with Crippen LogP contribution < -0.4 is 65.8 Å². The van der Waals surface area contributed by atoms with Crippen molar-refractivity contribution in [2.24, 2.45) is 66.6 Å². The van der Waals surface area contributed by atoms with Gasteiger partial charge in [0, 0.05) is 16.7 Å². The number of nitrogen functional groups attached to an aromatic ring is 3. The van der Waals surface area contributed by atoms with Gasteiger partial charge >= 0.3 is 17.9 Å². The van der Waals surface area contributed by atoms with Crippen LogP contribution in [-0.4, -0.2) is 53.3 Å². The number of carbonyl (C=O) groups is 3. The lowest BCUT2D eigenvalue weighted by atomic mass is 10.1. The molecular weight excluding hydrogens is 991 g/mol. The Kier molecular flexibility index (Phi) is 17.0. The van der Waals surface area contributed by atoms with Crippen molar-refractivity contribution >= 4 is 103 Å². The van der Waals surface area contributed by atoms with Crippen molar-refractivity contribution in [2.45, 2.75) is 0 Å². The first kappa shape index (κ1) is 54.2. The second-order valence-corrected chi connectivity index (χ2v) is 16.8. The van der Waals surface area contributed by atoms with E-state index in [0.717, 1.165) is 32.3 Å². The lowest BCUT2D eigenvalue weighted by Crippen LogP contribution is -2.21. The molecule has 0 aliphatic heterocycles. The molecule has 9 aromatic carbocycles. The van der Waals surface area contributed by atoms with Crippen molar-refractivity contribution in [1.29, 1.82) is 16.2 Å². The molecule has 0 atom stereocenters. The number of benzene rings is 9. The highest BCUT2D eigenvalue weighted by molar-refractivity contribution is 6.02. The highest BCUT2D eigenvalue weighted by Gasteiger charge is 2.13. The second kappa shape index (κ2) is 24.4. The number of nitrogens with one attached hydrogen (secondary N) is 3. The third-order valence-electron chi connectivity index (χ3n) is 11.1. The molecule has 0 spiro atoms. The van der Waals surface area contributed by atoms with E-state index in [9.17, 15) is 14.4 Å². The number of carbonyl (C=O) groups excluding carboxylic acids is 3. The van der Waals surface area contributed by atoms with Crippen LogP contribution >= 0.6 is 0 Å². The molecule has 0 amide bonds. The van der Waals surface area contributed by atoms with Crippen LogP contribution in [0, 0.1) is 16.2 Å². The Hall–Kier alpha value is -11.6. The Morgan fingerprint density at radius 2 is 0.487 bits per heavy atom. The van der Waals surface area contributed by atoms with Crippen LogP contribution in [0.3, 0.4) is 0 Å². The number of guanidine groups is 3. The first-order valence-electron chi connectivity index (χ1n) is 23.2. The van der Waals surface area contributed by atoms with E-state index in [4.69, 9.17) is 82.0 Å². The number of hydrogen-bond acceptors (Lipinski definition) is 12. The molecule has 0 unspecified atom stereocenters. The van der Waals surface area contributed by atoms with E-state index in [0.29, 0.717) is 67.7 Å². The van der Waals surface area contributed by atoms with E-state index in [-0.39, 0.29) is 35.4 Å². The molecule has 9 rings (SSSR count). The van der Waals surface area contributed by atoms with Gasteiger partial charge in [-0.1, -0.05) is 54.6 Å². The minimum Gasteiger partial charge on any atom is -0.423 e. The third-order valence-corrected chi connectivity index (χ3v) is 11.1. The standard InChI is InChI=1S/3C19H17N5O2/c3*20-17(21)14-2-1-13-10-16(8-5-12(13)9-14)26-18(25)11-3-6-15(7-4-11)24-19(22)23/h3*1-10H,(H3,20,21)(H4,22,23,24). The Labute approximate surface area is 445 Å². The Morgan fingerprint density at radius 1 is 0.282 bits per heavy atom. The highest BCUT2D eigenvalue weighted by Crippen LogP contribution is 2.27. The van der Waals surface area contributed by atoms with E-state index in [1.807, 2.05) is 54.6 Å². The second-order valence-electron chi connectivity index (χ2n) is 16.8. The predicted molar refractivity (Wildman–Crippen MR) is 306 cm³/mol. The summed E-state index contributed by atoms with van der Waals surface area (Å²) in [6.07, 6.45) is 0. The average molecular weight is 1040 g/mol. The number of nitrogens with two attached hydrogens (primary N) is 9. The fourth-order valence-corrected chi connectivity index (χ4v) is 7.33. The summed E-state index contributed by atoms with van der Waals surface area (Å²) in [5.41, 5.74) is 53.1. The molecular formula is C57H51N15O6. The minimum atomic E-state index is -0.485. The summed E-state index contributed by atoms with van der Waals surface area (Å²) in [7, 11) is 0. The van der Waals surface area contributed by atoms with Crippen LogP contribution in [0.4, 0.5) is 17.1 Å². The monoisotopic (exact) mass is 1040 g/mol. The normalized spacial score (nSPS) is 10.3. The number of amidine groups is 3. The molecule has 0 saturated heterocycles. The van der Waals surface area contributed by atoms with Crippen molar-refractivity contribution in [3.05, 3.63) is 215 Å². The smallest absolute Gasteiger partial charge is 0.343 e. The van der Waals surface area contributed by atoms with Crippen molar-refractivity contribution in [3.8, 4) is 17.2 Å². The summed E-state index contributed by atoms with van der Waals surface area (Å²) < 4.78 is 16.2. The maximum atomic E-state index is 12.3. The summed E-state index contributed by atoms with van der Waals surface area (Å²) in [6.45, 7) is 0. The van der Waals surface area contributed by atoms with Crippen LogP contribution in [0.5, 0.6) is 17.2 Å². The van der Waals surface area contributed by atoms with Gasteiger partial charge in [-0.3, -0.25) is 16.2 Å². The van der Waals surface area contributed by atoms with Gasteiger partial charge < -0.3 is 65.8 Å². The van der Waals surface area contributed by atoms with Gasteiger partial charge in [0.15, 0.2) is 17.9 Å². The number of esters is 3. The third kappa shape index (κ3) is 14.8. The molecule has 0 bridgehead atoms. The number of hydrogen-bond donors (Lipinski definition) is 12. The molecule has 21 N–H and O–H groups in total. The largest absolute Gasteiger partial charge is 0.423 e. The molecule has 0 aliphatic carbocycles. The molecule has 0 aromatic heterocycles. The van der Waals surface area contributed by atoms with Crippen LogP contribution in [0.25, 0.3) is 32.3 Å². The van der Waals surface area contributed by atoms with E-state index in [1.54, 1.807) is 127 Å². The zero-order chi connectivity index (χ0) is 56.0. The molecule has 0 aliphatic rings. The van der Waals surface area contributed by atoms with Crippen LogP contribution in [0.15, 0.2) is 197 Å². The zero-order valence-corrected chi connectivity index (χ0v) is 41.3. The number of rotatable bonds is 12. The van der Waals surface area contributed by atoms with Crippen LogP contribution in [-0.2, 0) is 0 Å². The molecule has 0 saturated carbocycles. The number of fused-ring (bicyclic) bond motifs is 3. The molecule has 0 radical (unpaired) electrons. The van der Waals surface area contributed by atoms with Crippen molar-refractivity contribution in [2.75, 3.05) is 0 Å². The molecule has 390 valence electrons. The first-order chi connectivity index (χ1) is 37.3. The van der Waals surface area contributed by atoms with E-state index in [2.05, 4.69) is 15.0 Å². The first-order valence-corrected chi connectivity index (χ1v) is 23.2. The molecule has 78 heavy (non-hydrogen) atoms. The summed E-state index contributed by atoms with van der Waals surface area (Å²) in [5, 5.41) is 27.8. The zero-order valence-electron chi connectivity index (χ0n) is 41.3. The average Bonchev–Trinajstić information content (AvgIpc) is 3.42. The van der Waals surface area contributed by atoms with Crippen LogP contribution in [0.2, 0.25) is 0 Å². The molecule has 0 heterocycles. The van der Waals surface area contributed by atoms with Gasteiger partial charge in [0.25, 0.3) is 0 Å². The van der Waals surface area contributed by atoms with Gasteiger partial charge in [-0.15, -0.1) is 0 Å². The van der Waals surface area contributed by atoms with Crippen LogP contribution in [0.1, 0.15) is 47.8 Å². The van der Waals surface area contributed by atoms with Crippen molar-refractivity contribution in [3.63, 3.8) is 0 Å². The Balaban J connectivity index is 0.000000170. The van der Waals surface area contributed by atoms with E-state index in [1.165, 1.54) is 0 Å². The summed E-state index contributed by atoms with van der Waals surface area (Å²) in [6, 6.07) is 51.2. The molecule has 21 nitrogen and oxygen atoms in total. The lowest BCUT2D eigenvalue weighted by molar-refractivity contribution is 0.0725. The Morgan fingerprint density at radius 3 is 0.705 bits per heavy atom. The SMILES string of the molecule is N=C(N)c1ccc2cc(OC(=O)c3ccc(N=C(N)N)cc3)ccc2c1.N=C(N)c1ccc2cc(OC(=O)c3ccc(N=C(N)N)cc3)ccc2c1.N=C(N)c1ccc2cc(OC(=O)c3ccc(N=C(N)N)cc3)ccc2c1. The topological polar surface area (TPSA) is 422 Å². The number of nitrogens with zero attached hydrogens (tertiary/aromatic N) is 3. The maximum Gasteiger partial charge on any atom is 0.343 e. The van der Waals surface area contributed by atoms with E-state index >= 15 is 0 Å². The lowest BCUT2D eigenvalue weighted by Gasteiger charge is -2.07. The molecule has 9 aromatic rings. The molecule has 0 fully saturated rings. The predicted octanol–water partition coefficient (Wildman–Crippen LogP) is 6.74. The highest BCUT2D eigenvalue weighted by atomic mass is 16.5. The maximum absolute atomic E-state index is 12.3. The van der Waals surface area contributed by atoms with E-state index < -0.39 is 17.9 Å². The van der Waals surface area contributed by atoms with Crippen molar-refractivity contribution in [1.82, 2.24) is 0 Å². The summed E-state index contributed by atoms with van der Waals surface area (Å²) >= 11 is 0. The molecule has 21 heteroatoms. The van der Waals surface area contributed by atoms with Gasteiger partial charge in [-0.2, -0.15) is 0 Å². The fourth-order valence-electron chi connectivity index (χ4n) is 7.33. The number of aliphatic imine (C=N–C) groups is 3. The van der Waals surface area contributed by atoms with Gasteiger partial charge in [0.05, 0.1) is 33.8 Å². The van der Waals surface area contributed by atoms with Gasteiger partial charge in [-0.05, 0) is 160 Å². The van der Waals surface area contributed by atoms with Gasteiger partial charge in [0.2, 0.25) is 0 Å². The fraction of sp³-hybridized carbons (Fsp3) is 0. The van der Waals surface area contributed by atoms with Crippen molar-refractivity contribution < 1.29 is 28.6 Å². The quantitative estimate of drug-likeness (QED) is 0.0261. The Bertz CT molecular complexity index is 3470. The minimum absolute atomic E-state index is 0.00609. The summed E-state index contributed by atoms with van der Waals surface area (Å²) in [4.78, 5) is 48.5. The van der Waals surface area contributed by atoms with Gasteiger partial charge in [-0.25, -0.2) is 29.4 Å². The summed E-state index contributed by atoms with van der Waals surface area (Å²) in [5.74, 6) is -0.324.